The zero-order chi connectivity index (χ0) is 6.97. The zero-order valence-corrected chi connectivity index (χ0v) is 7.50. The van der Waals surface area contributed by atoms with Crippen molar-refractivity contribution in [3.8, 4) is 5.75 Å². The van der Waals surface area contributed by atoms with Crippen molar-refractivity contribution in [3.63, 3.8) is 0 Å². The monoisotopic (exact) mass is 220 g/mol. The van der Waals surface area contributed by atoms with Crippen LogP contribution in [0, 0.1) is 0 Å². The van der Waals surface area contributed by atoms with Crippen molar-refractivity contribution in [2.45, 2.75) is 6.42 Å². The summed E-state index contributed by atoms with van der Waals surface area (Å²) in [5, 5.41) is 2.09. The van der Waals surface area contributed by atoms with Crippen molar-refractivity contribution < 1.29 is 9.78 Å². The van der Waals surface area contributed by atoms with Crippen LogP contribution in [0.4, 0.5) is 0 Å². The molecule has 0 atom stereocenters. The summed E-state index contributed by atoms with van der Waals surface area (Å²) in [4.78, 5) is 9.77. The van der Waals surface area contributed by atoms with E-state index >= 15 is 0 Å². The minimum atomic E-state index is 0.663. The summed E-state index contributed by atoms with van der Waals surface area (Å²) in [6, 6.07) is 0. The van der Waals surface area contributed by atoms with Crippen LogP contribution in [0.3, 0.4) is 0 Å². The van der Waals surface area contributed by atoms with E-state index in [2.05, 4.69) is 21.3 Å². The van der Waals surface area contributed by atoms with Crippen LogP contribution in [-0.4, -0.2) is 6.61 Å². The van der Waals surface area contributed by atoms with Gasteiger partial charge in [-0.1, -0.05) is 0 Å². The van der Waals surface area contributed by atoms with Crippen molar-refractivity contribution in [1.29, 1.82) is 0 Å². The molecule has 1 aromatic heterocycles. The number of hydrogen-bond acceptors (Lipinski definition) is 3. The minimum absolute atomic E-state index is 0.663. The van der Waals surface area contributed by atoms with Gasteiger partial charge in [0.25, 0.3) is 0 Å². The van der Waals surface area contributed by atoms with Gasteiger partial charge in [-0.15, -0.1) is 11.3 Å². The van der Waals surface area contributed by atoms with Crippen LogP contribution in [0.5, 0.6) is 5.75 Å². The van der Waals surface area contributed by atoms with Gasteiger partial charge in [0.2, 0.25) is 0 Å². The highest BCUT2D eigenvalue weighted by Crippen LogP contribution is 2.37. The Kier molecular flexibility index (Phi) is 1.68. The lowest BCUT2D eigenvalue weighted by Crippen LogP contribution is -2.08. The Morgan fingerprint density at radius 1 is 1.60 bits per heavy atom. The molecule has 1 aromatic rings. The topological polar surface area (TPSA) is 18.5 Å². The Hall–Kier alpha value is -0.0600. The lowest BCUT2D eigenvalue weighted by molar-refractivity contribution is -0.215. The number of halogens is 1. The molecule has 0 radical (unpaired) electrons. The Balaban J connectivity index is 2.45. The van der Waals surface area contributed by atoms with Crippen LogP contribution in [-0.2, 0) is 11.3 Å². The summed E-state index contributed by atoms with van der Waals surface area (Å²) in [5.74, 6) is 0.858. The highest BCUT2D eigenvalue weighted by atomic mass is 79.9. The van der Waals surface area contributed by atoms with Gasteiger partial charge in [-0.05, 0) is 21.3 Å². The number of thiophene rings is 1. The fourth-order valence-corrected chi connectivity index (χ4v) is 2.21. The fraction of sp³-hybridized carbons (Fsp3) is 0.333. The molecule has 1 aliphatic rings. The summed E-state index contributed by atoms with van der Waals surface area (Å²) >= 11 is 5.00. The third-order valence-electron chi connectivity index (χ3n) is 1.37. The Morgan fingerprint density at radius 2 is 2.50 bits per heavy atom. The Labute approximate surface area is 70.8 Å². The van der Waals surface area contributed by atoms with Gasteiger partial charge in [0.15, 0.2) is 5.75 Å². The molecule has 4 heteroatoms. The first kappa shape index (κ1) is 6.64. The SMILES string of the molecule is Brc1scc2c1OOCC2. The van der Waals surface area contributed by atoms with Gasteiger partial charge >= 0.3 is 0 Å². The van der Waals surface area contributed by atoms with Crippen LogP contribution >= 0.6 is 27.3 Å². The Morgan fingerprint density at radius 3 is 3.30 bits per heavy atom. The van der Waals surface area contributed by atoms with Crippen molar-refractivity contribution >= 4 is 27.3 Å². The van der Waals surface area contributed by atoms with Crippen LogP contribution in [0.2, 0.25) is 0 Å². The van der Waals surface area contributed by atoms with Gasteiger partial charge in [0.1, 0.15) is 3.79 Å². The van der Waals surface area contributed by atoms with Gasteiger partial charge in [0.05, 0.1) is 6.61 Å². The standard InChI is InChI=1S/C6H5BrO2S/c7-6-5-4(3-10-6)1-2-8-9-5/h3H,1-2H2. The molecule has 54 valence electrons. The molecule has 2 rings (SSSR count). The van der Waals surface area contributed by atoms with Crippen LogP contribution in [0.25, 0.3) is 0 Å². The third-order valence-corrected chi connectivity index (χ3v) is 3.09. The van der Waals surface area contributed by atoms with Crippen molar-refractivity contribution in [3.05, 3.63) is 14.7 Å². The molecule has 10 heavy (non-hydrogen) atoms. The molecular weight excluding hydrogens is 216 g/mol. The molecule has 0 aromatic carbocycles. The van der Waals surface area contributed by atoms with Crippen LogP contribution in [0.15, 0.2) is 9.17 Å². The van der Waals surface area contributed by atoms with Gasteiger partial charge in [-0.2, -0.15) is 4.89 Å². The fourth-order valence-electron chi connectivity index (χ4n) is 0.867. The molecule has 0 saturated carbocycles. The zero-order valence-electron chi connectivity index (χ0n) is 5.09. The molecule has 1 aliphatic heterocycles. The quantitative estimate of drug-likeness (QED) is 0.626. The van der Waals surface area contributed by atoms with E-state index in [-0.39, 0.29) is 0 Å². The van der Waals surface area contributed by atoms with E-state index in [4.69, 9.17) is 9.78 Å². The summed E-state index contributed by atoms with van der Waals surface area (Å²) in [6.07, 6.45) is 0.956. The van der Waals surface area contributed by atoms with E-state index in [1.807, 2.05) is 0 Å². The van der Waals surface area contributed by atoms with E-state index < -0.39 is 0 Å². The second kappa shape index (κ2) is 2.53. The van der Waals surface area contributed by atoms with Crippen molar-refractivity contribution in [1.82, 2.24) is 0 Å². The van der Waals surface area contributed by atoms with Crippen LogP contribution in [0.1, 0.15) is 5.56 Å². The predicted molar refractivity (Wildman–Crippen MR) is 42.3 cm³/mol. The first-order chi connectivity index (χ1) is 4.88. The molecule has 0 aliphatic carbocycles. The summed E-state index contributed by atoms with van der Waals surface area (Å²) in [6.45, 7) is 0.663. The van der Waals surface area contributed by atoms with Crippen molar-refractivity contribution in [2.24, 2.45) is 0 Å². The lowest BCUT2D eigenvalue weighted by atomic mass is 10.2. The maximum atomic E-state index is 4.96. The summed E-state index contributed by atoms with van der Waals surface area (Å²) in [7, 11) is 0. The maximum absolute atomic E-state index is 4.96. The minimum Gasteiger partial charge on any atom is -0.335 e. The maximum Gasteiger partial charge on any atom is 0.193 e. The number of fused-ring (bicyclic) bond motifs is 1. The van der Waals surface area contributed by atoms with Gasteiger partial charge in [-0.3, -0.25) is 0 Å². The third kappa shape index (κ3) is 0.962. The number of hydrogen-bond donors (Lipinski definition) is 0. The molecular formula is C6H5BrO2S. The van der Waals surface area contributed by atoms with Gasteiger partial charge in [-0.25, -0.2) is 0 Å². The van der Waals surface area contributed by atoms with E-state index in [0.29, 0.717) is 6.61 Å². The molecule has 0 spiro atoms. The van der Waals surface area contributed by atoms with E-state index in [0.717, 1.165) is 16.0 Å². The van der Waals surface area contributed by atoms with Crippen LogP contribution < -0.4 is 4.89 Å². The van der Waals surface area contributed by atoms with Gasteiger partial charge < -0.3 is 4.89 Å². The average molecular weight is 221 g/mol. The summed E-state index contributed by atoms with van der Waals surface area (Å²) < 4.78 is 1.02. The smallest absolute Gasteiger partial charge is 0.193 e. The molecule has 0 N–H and O–H groups in total. The molecule has 0 unspecified atom stereocenters. The largest absolute Gasteiger partial charge is 0.335 e. The first-order valence-corrected chi connectivity index (χ1v) is 4.60. The molecule has 2 nitrogen and oxygen atoms in total. The summed E-state index contributed by atoms with van der Waals surface area (Å²) in [5.41, 5.74) is 1.24. The lowest BCUT2D eigenvalue weighted by Gasteiger charge is -2.11. The average Bonchev–Trinajstić information content (AvgIpc) is 2.34. The molecule has 0 amide bonds. The van der Waals surface area contributed by atoms with Gasteiger partial charge in [0, 0.05) is 12.0 Å². The molecule has 0 saturated heterocycles. The van der Waals surface area contributed by atoms with Crippen molar-refractivity contribution in [2.75, 3.05) is 6.61 Å². The highest BCUT2D eigenvalue weighted by Gasteiger charge is 2.16. The highest BCUT2D eigenvalue weighted by molar-refractivity contribution is 9.11. The van der Waals surface area contributed by atoms with E-state index in [1.54, 1.807) is 11.3 Å². The second-order valence-corrected chi connectivity index (χ2v) is 4.22. The van der Waals surface area contributed by atoms with E-state index in [9.17, 15) is 0 Å². The molecule has 2 heterocycles. The second-order valence-electron chi connectivity index (χ2n) is 2.02. The van der Waals surface area contributed by atoms with E-state index in [1.165, 1.54) is 5.56 Å². The molecule has 0 fully saturated rings. The normalized spacial score (nSPS) is 16.1. The predicted octanol–water partition coefficient (Wildman–Crippen LogP) is 2.38. The number of rotatable bonds is 0. The first-order valence-electron chi connectivity index (χ1n) is 2.93. The Bertz CT molecular complexity index is 246. The molecule has 0 bridgehead atoms.